The lowest BCUT2D eigenvalue weighted by molar-refractivity contribution is -0.138. The Hall–Kier alpha value is -0.920. The minimum atomic E-state index is -4.57. The van der Waals surface area contributed by atoms with Crippen molar-refractivity contribution in [2.75, 3.05) is 13.2 Å². The molecular formula is C6H10O6S. The lowest BCUT2D eigenvalue weighted by Crippen LogP contribution is -2.15. The second kappa shape index (κ2) is 4.95. The molecule has 0 heterocycles. The van der Waals surface area contributed by atoms with Gasteiger partial charge in [-0.15, -0.1) is 0 Å². The molecule has 0 fully saturated rings. The molecule has 0 amide bonds. The van der Waals surface area contributed by atoms with E-state index in [1.54, 1.807) is 0 Å². The van der Waals surface area contributed by atoms with Gasteiger partial charge in [0.1, 0.15) is 0 Å². The van der Waals surface area contributed by atoms with E-state index in [9.17, 15) is 13.2 Å². The van der Waals surface area contributed by atoms with Gasteiger partial charge in [0.2, 0.25) is 0 Å². The van der Waals surface area contributed by atoms with Gasteiger partial charge in [-0.3, -0.25) is 4.55 Å². The summed E-state index contributed by atoms with van der Waals surface area (Å²) >= 11 is 0. The SMILES string of the molecule is C=C(C(=O)OCCCO)S(=O)(=O)O. The highest BCUT2D eigenvalue weighted by molar-refractivity contribution is 7.90. The van der Waals surface area contributed by atoms with Crippen LogP contribution in [0.3, 0.4) is 0 Å². The van der Waals surface area contributed by atoms with Gasteiger partial charge in [-0.05, 0) is 0 Å². The Bertz CT molecular complexity index is 290. The van der Waals surface area contributed by atoms with Crippen molar-refractivity contribution < 1.29 is 27.6 Å². The average molecular weight is 210 g/mol. The highest BCUT2D eigenvalue weighted by Gasteiger charge is 2.20. The molecule has 0 saturated heterocycles. The Labute approximate surface area is 75.6 Å². The van der Waals surface area contributed by atoms with Crippen LogP contribution in [-0.4, -0.2) is 37.3 Å². The molecule has 0 aliphatic carbocycles. The molecule has 76 valence electrons. The topological polar surface area (TPSA) is 101 Å². The largest absolute Gasteiger partial charge is 0.461 e. The molecule has 0 aliphatic heterocycles. The van der Waals surface area contributed by atoms with Crippen LogP contribution < -0.4 is 0 Å². The van der Waals surface area contributed by atoms with Gasteiger partial charge in [0.15, 0.2) is 4.91 Å². The van der Waals surface area contributed by atoms with E-state index in [0.717, 1.165) is 0 Å². The maximum absolute atomic E-state index is 10.7. The standard InChI is InChI=1S/C6H10O6S/c1-5(13(9,10)11)6(8)12-4-2-3-7/h7H,1-4H2,(H,9,10,11). The first-order valence-corrected chi connectivity index (χ1v) is 4.78. The summed E-state index contributed by atoms with van der Waals surface area (Å²) in [7, 11) is -4.57. The molecule has 0 atom stereocenters. The first-order chi connectivity index (χ1) is 5.89. The van der Waals surface area contributed by atoms with Gasteiger partial charge in [0.05, 0.1) is 6.61 Å². The van der Waals surface area contributed by atoms with Crippen LogP contribution in [0.25, 0.3) is 0 Å². The highest BCUT2D eigenvalue weighted by Crippen LogP contribution is 2.03. The number of esters is 1. The monoisotopic (exact) mass is 210 g/mol. The summed E-state index contributed by atoms with van der Waals surface area (Å²) in [5, 5.41) is 8.30. The summed E-state index contributed by atoms with van der Waals surface area (Å²) in [6.07, 6.45) is 0.199. The third kappa shape index (κ3) is 4.61. The Morgan fingerprint density at radius 1 is 1.46 bits per heavy atom. The van der Waals surface area contributed by atoms with E-state index in [1.165, 1.54) is 0 Å². The van der Waals surface area contributed by atoms with E-state index < -0.39 is 21.0 Å². The van der Waals surface area contributed by atoms with E-state index in [-0.39, 0.29) is 19.6 Å². The van der Waals surface area contributed by atoms with Crippen molar-refractivity contribution in [2.24, 2.45) is 0 Å². The van der Waals surface area contributed by atoms with Crippen molar-refractivity contribution in [3.8, 4) is 0 Å². The molecule has 0 unspecified atom stereocenters. The molecule has 0 aromatic carbocycles. The summed E-state index contributed by atoms with van der Waals surface area (Å²) in [5.74, 6) is -1.21. The second-order valence-corrected chi connectivity index (χ2v) is 3.55. The first-order valence-electron chi connectivity index (χ1n) is 3.34. The zero-order chi connectivity index (χ0) is 10.5. The fourth-order valence-corrected chi connectivity index (χ4v) is 0.685. The van der Waals surface area contributed by atoms with Crippen LogP contribution in [-0.2, 0) is 19.6 Å². The Balaban J connectivity index is 4.07. The van der Waals surface area contributed by atoms with Gasteiger partial charge in [0.25, 0.3) is 0 Å². The zero-order valence-electron chi connectivity index (χ0n) is 6.76. The molecule has 0 aliphatic rings. The smallest absolute Gasteiger partial charge is 0.351 e. The maximum atomic E-state index is 10.7. The van der Waals surface area contributed by atoms with Gasteiger partial charge in [-0.1, -0.05) is 6.58 Å². The molecule has 0 aromatic rings. The number of hydrogen-bond acceptors (Lipinski definition) is 5. The Morgan fingerprint density at radius 2 is 2.00 bits per heavy atom. The number of hydrogen-bond donors (Lipinski definition) is 2. The molecule has 13 heavy (non-hydrogen) atoms. The molecule has 0 spiro atoms. The van der Waals surface area contributed by atoms with Crippen molar-refractivity contribution in [3.05, 3.63) is 11.5 Å². The van der Waals surface area contributed by atoms with Crippen LogP contribution >= 0.6 is 0 Å². The highest BCUT2D eigenvalue weighted by atomic mass is 32.2. The normalized spacial score (nSPS) is 10.9. The third-order valence-corrected chi connectivity index (χ3v) is 1.86. The zero-order valence-corrected chi connectivity index (χ0v) is 7.58. The van der Waals surface area contributed by atoms with E-state index in [1.807, 2.05) is 0 Å². The van der Waals surface area contributed by atoms with E-state index in [2.05, 4.69) is 11.3 Å². The summed E-state index contributed by atoms with van der Waals surface area (Å²) < 4.78 is 33.3. The molecular weight excluding hydrogens is 200 g/mol. The second-order valence-electron chi connectivity index (χ2n) is 2.11. The van der Waals surface area contributed by atoms with Crippen molar-refractivity contribution >= 4 is 16.1 Å². The Kier molecular flexibility index (Phi) is 4.60. The minimum Gasteiger partial charge on any atom is -0.461 e. The average Bonchev–Trinajstić information content (AvgIpc) is 2.01. The maximum Gasteiger partial charge on any atom is 0.351 e. The van der Waals surface area contributed by atoms with Gasteiger partial charge in [0, 0.05) is 13.0 Å². The molecule has 0 rings (SSSR count). The number of rotatable bonds is 5. The number of carbonyl (C=O) groups is 1. The van der Waals surface area contributed by atoms with Gasteiger partial charge < -0.3 is 9.84 Å². The lowest BCUT2D eigenvalue weighted by atomic mass is 10.5. The van der Waals surface area contributed by atoms with Crippen molar-refractivity contribution in [1.82, 2.24) is 0 Å². The molecule has 0 bridgehead atoms. The van der Waals surface area contributed by atoms with Crippen LogP contribution in [0.2, 0.25) is 0 Å². The van der Waals surface area contributed by atoms with Crippen LogP contribution in [0.1, 0.15) is 6.42 Å². The minimum absolute atomic E-state index is 0.121. The number of aliphatic hydroxyl groups is 1. The summed E-state index contributed by atoms with van der Waals surface area (Å²) in [5.41, 5.74) is 0. The number of carbonyl (C=O) groups excluding carboxylic acids is 1. The predicted molar refractivity (Wildman–Crippen MR) is 43.4 cm³/mol. The fraction of sp³-hybridized carbons (Fsp3) is 0.500. The quantitative estimate of drug-likeness (QED) is 0.269. The molecule has 2 N–H and O–H groups in total. The lowest BCUT2D eigenvalue weighted by Gasteiger charge is -2.02. The van der Waals surface area contributed by atoms with Crippen molar-refractivity contribution in [3.63, 3.8) is 0 Å². The molecule has 6 nitrogen and oxygen atoms in total. The summed E-state index contributed by atoms with van der Waals surface area (Å²) in [4.78, 5) is 9.71. The van der Waals surface area contributed by atoms with Gasteiger partial charge in [-0.25, -0.2) is 4.79 Å². The van der Waals surface area contributed by atoms with Crippen LogP contribution in [0, 0.1) is 0 Å². The molecule has 0 radical (unpaired) electrons. The van der Waals surface area contributed by atoms with Crippen molar-refractivity contribution in [1.29, 1.82) is 0 Å². The fourth-order valence-electron chi connectivity index (χ4n) is 0.415. The van der Waals surface area contributed by atoms with Crippen LogP contribution in [0.4, 0.5) is 0 Å². The molecule has 0 aromatic heterocycles. The molecule has 7 heteroatoms. The number of aliphatic hydroxyl groups excluding tert-OH is 1. The summed E-state index contributed by atoms with van der Waals surface area (Å²) in [6.45, 7) is 2.53. The van der Waals surface area contributed by atoms with E-state index >= 15 is 0 Å². The first kappa shape index (κ1) is 12.1. The molecule has 0 saturated carbocycles. The Morgan fingerprint density at radius 3 is 2.38 bits per heavy atom. The van der Waals surface area contributed by atoms with Crippen molar-refractivity contribution in [2.45, 2.75) is 6.42 Å². The van der Waals surface area contributed by atoms with Crippen LogP contribution in [0.15, 0.2) is 11.5 Å². The van der Waals surface area contributed by atoms with E-state index in [4.69, 9.17) is 9.66 Å². The summed E-state index contributed by atoms with van der Waals surface area (Å²) in [6, 6.07) is 0. The predicted octanol–water partition coefficient (Wildman–Crippen LogP) is -0.686. The third-order valence-electron chi connectivity index (χ3n) is 1.07. The van der Waals surface area contributed by atoms with Crippen LogP contribution in [0.5, 0.6) is 0 Å². The van der Waals surface area contributed by atoms with Gasteiger partial charge >= 0.3 is 16.1 Å². The van der Waals surface area contributed by atoms with E-state index in [0.29, 0.717) is 0 Å². The van der Waals surface area contributed by atoms with Gasteiger partial charge in [-0.2, -0.15) is 8.42 Å². The number of ether oxygens (including phenoxy) is 1.